The van der Waals surface area contributed by atoms with Gasteiger partial charge in [-0.3, -0.25) is 4.79 Å². The van der Waals surface area contributed by atoms with Crippen LogP contribution in [0.1, 0.15) is 27.2 Å². The highest BCUT2D eigenvalue weighted by Crippen LogP contribution is 2.54. The standard InChI is InChI=1S/C15H24N2O5S2/c1-8(2)11(16-14(21)22-4)12(18)17-7-15(5-10(17)13(19)20)23-6-9(3)24-15/h8-11H,5-7H2,1-4H3,(H,16,21)(H,19,20)/t9?,10-,11-,15?/m0/s1. The molecule has 2 amide bonds. The van der Waals surface area contributed by atoms with Gasteiger partial charge in [0.05, 0.1) is 11.2 Å². The molecule has 0 saturated carbocycles. The molecule has 0 aromatic heterocycles. The number of hydrogen-bond acceptors (Lipinski definition) is 6. The van der Waals surface area contributed by atoms with Crippen molar-refractivity contribution in [3.8, 4) is 0 Å². The normalized spacial score (nSPS) is 30.6. The number of rotatable bonds is 4. The van der Waals surface area contributed by atoms with E-state index < -0.39 is 24.1 Å². The van der Waals surface area contributed by atoms with Crippen molar-refractivity contribution in [1.82, 2.24) is 10.2 Å². The van der Waals surface area contributed by atoms with E-state index in [1.165, 1.54) is 12.0 Å². The Morgan fingerprint density at radius 1 is 1.38 bits per heavy atom. The Morgan fingerprint density at radius 2 is 2.04 bits per heavy atom. The molecule has 136 valence electrons. The number of nitrogens with zero attached hydrogens (tertiary/aromatic N) is 1. The first-order valence-electron chi connectivity index (χ1n) is 7.88. The Hall–Kier alpha value is -1.09. The Balaban J connectivity index is 2.21. The van der Waals surface area contributed by atoms with Gasteiger partial charge in [0, 0.05) is 24.0 Å². The fourth-order valence-electron chi connectivity index (χ4n) is 3.06. The van der Waals surface area contributed by atoms with Crippen molar-refractivity contribution in [1.29, 1.82) is 0 Å². The molecule has 1 spiro atoms. The summed E-state index contributed by atoms with van der Waals surface area (Å²) in [7, 11) is 1.23. The van der Waals surface area contributed by atoms with Gasteiger partial charge in [-0.25, -0.2) is 9.59 Å². The number of alkyl carbamates (subject to hydrolysis) is 1. The third-order valence-electron chi connectivity index (χ3n) is 4.25. The van der Waals surface area contributed by atoms with E-state index in [0.717, 1.165) is 5.75 Å². The lowest BCUT2D eigenvalue weighted by Gasteiger charge is -2.29. The van der Waals surface area contributed by atoms with Crippen LogP contribution in [0.2, 0.25) is 0 Å². The van der Waals surface area contributed by atoms with Crippen molar-refractivity contribution < 1.29 is 24.2 Å². The van der Waals surface area contributed by atoms with Crippen molar-refractivity contribution >= 4 is 41.5 Å². The average Bonchev–Trinajstić information content (AvgIpc) is 3.07. The van der Waals surface area contributed by atoms with Crippen molar-refractivity contribution in [3.05, 3.63) is 0 Å². The Labute approximate surface area is 150 Å². The molecule has 2 heterocycles. The van der Waals surface area contributed by atoms with Crippen molar-refractivity contribution in [2.45, 2.75) is 48.6 Å². The Morgan fingerprint density at radius 3 is 2.50 bits per heavy atom. The number of ether oxygens (including phenoxy) is 1. The van der Waals surface area contributed by atoms with Crippen molar-refractivity contribution in [2.24, 2.45) is 5.92 Å². The van der Waals surface area contributed by atoms with E-state index >= 15 is 0 Å². The molecule has 2 aliphatic heterocycles. The van der Waals surface area contributed by atoms with Gasteiger partial charge in [-0.2, -0.15) is 0 Å². The highest BCUT2D eigenvalue weighted by Gasteiger charge is 2.53. The molecular weight excluding hydrogens is 352 g/mol. The van der Waals surface area contributed by atoms with E-state index in [9.17, 15) is 19.5 Å². The van der Waals surface area contributed by atoms with E-state index in [4.69, 9.17) is 0 Å². The molecule has 0 aromatic rings. The molecule has 0 aromatic carbocycles. The van der Waals surface area contributed by atoms with Crippen LogP contribution in [0, 0.1) is 5.92 Å². The second-order valence-corrected chi connectivity index (χ2v) is 10.0. The minimum atomic E-state index is -0.999. The molecule has 2 rings (SSSR count). The maximum Gasteiger partial charge on any atom is 0.407 e. The quantitative estimate of drug-likeness (QED) is 0.769. The molecule has 2 fully saturated rings. The van der Waals surface area contributed by atoms with Gasteiger partial charge in [0.2, 0.25) is 5.91 Å². The predicted molar refractivity (Wildman–Crippen MR) is 94.2 cm³/mol. The second kappa shape index (κ2) is 7.43. The number of nitrogens with one attached hydrogen (secondary N) is 1. The SMILES string of the molecule is COC(=O)N[C@H](C(=O)N1CC2(C[C@H]1C(=O)O)SCC(C)S2)C(C)C. The van der Waals surface area contributed by atoms with Gasteiger partial charge < -0.3 is 20.1 Å². The molecule has 0 radical (unpaired) electrons. The lowest BCUT2D eigenvalue weighted by atomic mass is 10.0. The maximum atomic E-state index is 12.9. The summed E-state index contributed by atoms with van der Waals surface area (Å²) in [6, 6.07) is -1.66. The van der Waals surface area contributed by atoms with Crippen LogP contribution >= 0.6 is 23.5 Å². The average molecular weight is 377 g/mol. The number of likely N-dealkylation sites (tertiary alicyclic amines) is 1. The summed E-state index contributed by atoms with van der Waals surface area (Å²) in [6.45, 7) is 6.11. The first kappa shape index (κ1) is 19.2. The van der Waals surface area contributed by atoms with Crippen LogP contribution in [-0.4, -0.2) is 68.8 Å². The van der Waals surface area contributed by atoms with Crippen LogP contribution in [-0.2, 0) is 14.3 Å². The number of carboxylic acids is 1. The van der Waals surface area contributed by atoms with Gasteiger partial charge in [0.15, 0.2) is 0 Å². The molecule has 2 aliphatic rings. The largest absolute Gasteiger partial charge is 0.480 e. The van der Waals surface area contributed by atoms with Gasteiger partial charge in [0.1, 0.15) is 12.1 Å². The molecule has 4 atom stereocenters. The lowest BCUT2D eigenvalue weighted by molar-refractivity contribution is -0.149. The summed E-state index contributed by atoms with van der Waals surface area (Å²) < 4.78 is 4.32. The minimum absolute atomic E-state index is 0.176. The molecule has 2 saturated heterocycles. The highest BCUT2D eigenvalue weighted by molar-refractivity contribution is 8.21. The first-order chi connectivity index (χ1) is 11.2. The molecule has 9 heteroatoms. The summed E-state index contributed by atoms with van der Waals surface area (Å²) in [5, 5.41) is 12.5. The Kier molecular flexibility index (Phi) is 5.95. The fraction of sp³-hybridized carbons (Fsp3) is 0.800. The van der Waals surface area contributed by atoms with Gasteiger partial charge in [-0.05, 0) is 5.92 Å². The smallest absolute Gasteiger partial charge is 0.407 e. The Bertz CT molecular complexity index is 530. The van der Waals surface area contributed by atoms with Crippen LogP contribution in [0.15, 0.2) is 0 Å². The lowest BCUT2D eigenvalue weighted by Crippen LogP contribution is -2.54. The number of thioether (sulfide) groups is 2. The van der Waals surface area contributed by atoms with Gasteiger partial charge in [-0.1, -0.05) is 20.8 Å². The zero-order valence-electron chi connectivity index (χ0n) is 14.3. The van der Waals surface area contributed by atoms with Gasteiger partial charge in [0.25, 0.3) is 0 Å². The molecule has 24 heavy (non-hydrogen) atoms. The minimum Gasteiger partial charge on any atom is -0.480 e. The number of carbonyl (C=O) groups excluding carboxylic acids is 2. The molecule has 2 unspecified atom stereocenters. The topological polar surface area (TPSA) is 95.9 Å². The summed E-state index contributed by atoms with van der Waals surface area (Å²) >= 11 is 3.48. The summed E-state index contributed by atoms with van der Waals surface area (Å²) in [6.07, 6.45) is -0.266. The van der Waals surface area contributed by atoms with Crippen LogP contribution in [0.3, 0.4) is 0 Å². The van der Waals surface area contributed by atoms with Gasteiger partial charge in [-0.15, -0.1) is 23.5 Å². The second-order valence-electron chi connectivity index (χ2n) is 6.53. The molecule has 0 aliphatic carbocycles. The number of hydrogen-bond donors (Lipinski definition) is 2. The molecule has 0 bridgehead atoms. The van der Waals surface area contributed by atoms with E-state index in [1.54, 1.807) is 37.4 Å². The van der Waals surface area contributed by atoms with Crippen LogP contribution in [0.4, 0.5) is 4.79 Å². The monoisotopic (exact) mass is 376 g/mol. The summed E-state index contributed by atoms with van der Waals surface area (Å²) in [5.41, 5.74) is 0. The fourth-order valence-corrected chi connectivity index (χ4v) is 6.75. The number of carboxylic acid groups (broad SMARTS) is 1. The number of amides is 2. The summed E-state index contributed by atoms with van der Waals surface area (Å²) in [5.74, 6) is -0.583. The van der Waals surface area contributed by atoms with Crippen LogP contribution < -0.4 is 5.32 Å². The highest BCUT2D eigenvalue weighted by atomic mass is 32.2. The van der Waals surface area contributed by atoms with Gasteiger partial charge >= 0.3 is 12.1 Å². The zero-order chi connectivity index (χ0) is 18.1. The first-order valence-corrected chi connectivity index (χ1v) is 9.75. The number of aliphatic carboxylic acids is 1. The van der Waals surface area contributed by atoms with Crippen molar-refractivity contribution in [3.63, 3.8) is 0 Å². The van der Waals surface area contributed by atoms with Crippen LogP contribution in [0.25, 0.3) is 0 Å². The third-order valence-corrected chi connectivity index (χ3v) is 7.88. The third kappa shape index (κ3) is 3.93. The predicted octanol–water partition coefficient (Wildman–Crippen LogP) is 1.62. The van der Waals surface area contributed by atoms with Crippen LogP contribution in [0.5, 0.6) is 0 Å². The molecular formula is C15H24N2O5S2. The van der Waals surface area contributed by atoms with E-state index in [1.807, 2.05) is 0 Å². The van der Waals surface area contributed by atoms with Crippen molar-refractivity contribution in [2.75, 3.05) is 19.4 Å². The summed E-state index contributed by atoms with van der Waals surface area (Å²) in [4.78, 5) is 37.6. The zero-order valence-corrected chi connectivity index (χ0v) is 15.9. The number of methoxy groups -OCH3 is 1. The van der Waals surface area contributed by atoms with E-state index in [-0.39, 0.29) is 15.9 Å². The van der Waals surface area contributed by atoms with E-state index in [0.29, 0.717) is 18.2 Å². The molecule has 2 N–H and O–H groups in total. The molecule has 7 nitrogen and oxygen atoms in total. The number of carbonyl (C=O) groups is 3. The van der Waals surface area contributed by atoms with E-state index in [2.05, 4.69) is 17.0 Å². The maximum absolute atomic E-state index is 12.9.